The van der Waals surface area contributed by atoms with E-state index in [2.05, 4.69) is 17.0 Å². The van der Waals surface area contributed by atoms with Crippen LogP contribution in [0.15, 0.2) is 48.5 Å². The van der Waals surface area contributed by atoms with E-state index in [0.717, 1.165) is 37.4 Å². The molecule has 0 aliphatic carbocycles. The summed E-state index contributed by atoms with van der Waals surface area (Å²) in [5.74, 6) is 1.17. The molecule has 1 heterocycles. The Hall–Kier alpha value is -2.07. The molecule has 23 heavy (non-hydrogen) atoms. The quantitative estimate of drug-likeness (QED) is 0.941. The molecule has 2 N–H and O–H groups in total. The van der Waals surface area contributed by atoms with Crippen molar-refractivity contribution in [1.82, 2.24) is 0 Å². The average molecular weight is 314 g/mol. The van der Waals surface area contributed by atoms with Crippen molar-refractivity contribution in [2.75, 3.05) is 25.1 Å². The maximum atomic E-state index is 13.1. The zero-order chi connectivity index (χ0) is 16.2. The highest BCUT2D eigenvalue weighted by molar-refractivity contribution is 5.47. The number of nitrogens with zero attached hydrogens (tertiary/aromatic N) is 1. The fourth-order valence-electron chi connectivity index (χ4n) is 3.35. The molecule has 2 unspecified atom stereocenters. The van der Waals surface area contributed by atoms with E-state index in [1.165, 1.54) is 17.7 Å². The molecule has 4 heteroatoms. The first kappa shape index (κ1) is 15.8. The van der Waals surface area contributed by atoms with Crippen LogP contribution in [0, 0.1) is 11.7 Å². The van der Waals surface area contributed by atoms with Crippen molar-refractivity contribution in [2.24, 2.45) is 11.7 Å². The summed E-state index contributed by atoms with van der Waals surface area (Å²) in [4.78, 5) is 2.27. The van der Waals surface area contributed by atoms with Crippen molar-refractivity contribution in [3.63, 3.8) is 0 Å². The summed E-state index contributed by atoms with van der Waals surface area (Å²) in [5, 5.41) is 0. The summed E-state index contributed by atoms with van der Waals surface area (Å²) in [6.45, 7) is 1.77. The lowest BCUT2D eigenvalue weighted by atomic mass is 9.88. The minimum atomic E-state index is -0.204. The molecule has 0 spiro atoms. The van der Waals surface area contributed by atoms with Gasteiger partial charge in [0.05, 0.1) is 7.11 Å². The van der Waals surface area contributed by atoms with Crippen molar-refractivity contribution in [1.29, 1.82) is 0 Å². The summed E-state index contributed by atoms with van der Waals surface area (Å²) in [6.07, 6.45) is 2.01. The SMILES string of the molecule is COc1ccc(CC2CC(N)CN(c3ccc(F)cc3)C2)cc1. The lowest BCUT2D eigenvalue weighted by Gasteiger charge is -2.38. The Bertz CT molecular complexity index is 627. The molecule has 0 bridgehead atoms. The van der Waals surface area contributed by atoms with Crippen LogP contribution in [0.25, 0.3) is 0 Å². The number of benzene rings is 2. The summed E-state index contributed by atoms with van der Waals surface area (Å²) >= 11 is 0. The van der Waals surface area contributed by atoms with Gasteiger partial charge in [0.1, 0.15) is 11.6 Å². The minimum Gasteiger partial charge on any atom is -0.497 e. The van der Waals surface area contributed by atoms with Gasteiger partial charge in [0.2, 0.25) is 0 Å². The molecule has 0 amide bonds. The van der Waals surface area contributed by atoms with Crippen LogP contribution in [0.1, 0.15) is 12.0 Å². The van der Waals surface area contributed by atoms with Gasteiger partial charge in [0.25, 0.3) is 0 Å². The topological polar surface area (TPSA) is 38.5 Å². The number of piperidine rings is 1. The van der Waals surface area contributed by atoms with E-state index in [9.17, 15) is 4.39 Å². The van der Waals surface area contributed by atoms with Gasteiger partial charge in [-0.3, -0.25) is 0 Å². The molecular weight excluding hydrogens is 291 g/mol. The van der Waals surface area contributed by atoms with Crippen LogP contribution in [-0.4, -0.2) is 26.2 Å². The van der Waals surface area contributed by atoms with E-state index in [0.29, 0.717) is 5.92 Å². The Kier molecular flexibility index (Phi) is 4.82. The fraction of sp³-hybridized carbons (Fsp3) is 0.368. The van der Waals surface area contributed by atoms with E-state index < -0.39 is 0 Å². The molecule has 2 aromatic carbocycles. The Balaban J connectivity index is 1.68. The molecule has 3 rings (SSSR count). The Morgan fingerprint density at radius 2 is 1.78 bits per heavy atom. The monoisotopic (exact) mass is 314 g/mol. The molecule has 0 radical (unpaired) electrons. The third-order valence-corrected chi connectivity index (χ3v) is 4.44. The van der Waals surface area contributed by atoms with Crippen molar-refractivity contribution in [3.05, 3.63) is 59.9 Å². The van der Waals surface area contributed by atoms with E-state index in [4.69, 9.17) is 10.5 Å². The minimum absolute atomic E-state index is 0.150. The summed E-state index contributed by atoms with van der Waals surface area (Å²) in [5.41, 5.74) is 8.58. The molecule has 0 saturated carbocycles. The maximum absolute atomic E-state index is 13.1. The second kappa shape index (κ2) is 7.01. The second-order valence-electron chi connectivity index (χ2n) is 6.30. The number of halogens is 1. The van der Waals surface area contributed by atoms with Gasteiger partial charge in [-0.25, -0.2) is 4.39 Å². The number of methoxy groups -OCH3 is 1. The van der Waals surface area contributed by atoms with Gasteiger partial charge in [-0.1, -0.05) is 12.1 Å². The number of hydrogen-bond acceptors (Lipinski definition) is 3. The van der Waals surface area contributed by atoms with Gasteiger partial charge < -0.3 is 15.4 Å². The van der Waals surface area contributed by atoms with Crippen LogP contribution in [-0.2, 0) is 6.42 Å². The van der Waals surface area contributed by atoms with E-state index in [1.54, 1.807) is 7.11 Å². The fourth-order valence-corrected chi connectivity index (χ4v) is 3.35. The van der Waals surface area contributed by atoms with Crippen LogP contribution in [0.5, 0.6) is 5.75 Å². The van der Waals surface area contributed by atoms with Crippen LogP contribution in [0.2, 0.25) is 0 Å². The van der Waals surface area contributed by atoms with E-state index in [-0.39, 0.29) is 11.9 Å². The summed E-state index contributed by atoms with van der Waals surface area (Å²) in [7, 11) is 1.68. The zero-order valence-electron chi connectivity index (χ0n) is 13.4. The molecule has 2 aromatic rings. The van der Waals surface area contributed by atoms with Gasteiger partial charge in [-0.15, -0.1) is 0 Å². The molecule has 1 aliphatic rings. The van der Waals surface area contributed by atoms with E-state index >= 15 is 0 Å². The molecule has 1 fully saturated rings. The highest BCUT2D eigenvalue weighted by atomic mass is 19.1. The standard InChI is InChI=1S/C19H23FN2O/c1-23-19-8-2-14(3-9-19)10-15-11-17(21)13-22(12-15)18-6-4-16(20)5-7-18/h2-9,15,17H,10-13,21H2,1H3. The van der Waals surface area contributed by atoms with Gasteiger partial charge in [0.15, 0.2) is 0 Å². The number of anilines is 1. The first-order valence-corrected chi connectivity index (χ1v) is 8.03. The molecule has 122 valence electrons. The molecule has 2 atom stereocenters. The predicted octanol–water partition coefficient (Wildman–Crippen LogP) is 3.23. The van der Waals surface area contributed by atoms with Crippen LogP contribution < -0.4 is 15.4 Å². The maximum Gasteiger partial charge on any atom is 0.123 e. The highest BCUT2D eigenvalue weighted by Crippen LogP contribution is 2.26. The Morgan fingerprint density at radius 3 is 2.43 bits per heavy atom. The van der Waals surface area contributed by atoms with E-state index in [1.807, 2.05) is 24.3 Å². The highest BCUT2D eigenvalue weighted by Gasteiger charge is 2.25. The van der Waals surface area contributed by atoms with Gasteiger partial charge in [0, 0.05) is 24.8 Å². The summed E-state index contributed by atoms with van der Waals surface area (Å²) in [6, 6.07) is 15.0. The van der Waals surface area contributed by atoms with Gasteiger partial charge >= 0.3 is 0 Å². The largest absolute Gasteiger partial charge is 0.497 e. The first-order valence-electron chi connectivity index (χ1n) is 8.03. The normalized spacial score (nSPS) is 21.3. The number of hydrogen-bond donors (Lipinski definition) is 1. The number of rotatable bonds is 4. The van der Waals surface area contributed by atoms with Crippen molar-refractivity contribution < 1.29 is 9.13 Å². The molecule has 0 aromatic heterocycles. The number of ether oxygens (including phenoxy) is 1. The number of nitrogens with two attached hydrogens (primary N) is 1. The van der Waals surface area contributed by atoms with Gasteiger partial charge in [-0.05, 0) is 60.7 Å². The third-order valence-electron chi connectivity index (χ3n) is 4.44. The molecule has 1 saturated heterocycles. The molecule has 3 nitrogen and oxygen atoms in total. The van der Waals surface area contributed by atoms with Gasteiger partial charge in [-0.2, -0.15) is 0 Å². The first-order chi connectivity index (χ1) is 11.1. The average Bonchev–Trinajstić information content (AvgIpc) is 2.56. The van der Waals surface area contributed by atoms with Crippen LogP contribution >= 0.6 is 0 Å². The lowest BCUT2D eigenvalue weighted by Crippen LogP contribution is -2.47. The summed E-state index contributed by atoms with van der Waals surface area (Å²) < 4.78 is 18.3. The van der Waals surface area contributed by atoms with Crippen LogP contribution in [0.4, 0.5) is 10.1 Å². The predicted molar refractivity (Wildman–Crippen MR) is 91.4 cm³/mol. The van der Waals surface area contributed by atoms with Crippen molar-refractivity contribution in [3.8, 4) is 5.75 Å². The molecule has 1 aliphatic heterocycles. The second-order valence-corrected chi connectivity index (χ2v) is 6.30. The van der Waals surface area contributed by atoms with Crippen molar-refractivity contribution >= 4 is 5.69 Å². The molecular formula is C19H23FN2O. The lowest BCUT2D eigenvalue weighted by molar-refractivity contribution is 0.374. The Labute approximate surface area is 136 Å². The Morgan fingerprint density at radius 1 is 1.09 bits per heavy atom. The smallest absolute Gasteiger partial charge is 0.123 e. The zero-order valence-corrected chi connectivity index (χ0v) is 13.4. The van der Waals surface area contributed by atoms with Crippen molar-refractivity contribution in [2.45, 2.75) is 18.9 Å². The third kappa shape index (κ3) is 4.02. The van der Waals surface area contributed by atoms with Crippen LogP contribution in [0.3, 0.4) is 0 Å².